The number of amides is 1. The van der Waals surface area contributed by atoms with Crippen molar-refractivity contribution in [2.75, 3.05) is 18.2 Å². The first kappa shape index (κ1) is 20.9. The molecule has 8 heteroatoms. The summed E-state index contributed by atoms with van der Waals surface area (Å²) in [4.78, 5) is 29.7. The van der Waals surface area contributed by atoms with Crippen molar-refractivity contribution >= 4 is 40.7 Å². The van der Waals surface area contributed by atoms with Gasteiger partial charge in [-0.3, -0.25) is 4.79 Å². The Hall–Kier alpha value is -2.84. The van der Waals surface area contributed by atoms with Gasteiger partial charge in [0.1, 0.15) is 12.4 Å². The lowest BCUT2D eigenvalue weighted by Crippen LogP contribution is -2.20. The fraction of sp³-hybridized carbons (Fsp3) is 0.190. The number of carbonyl (C=O) groups excluding carboxylic acids is 2. The van der Waals surface area contributed by atoms with Crippen molar-refractivity contribution < 1.29 is 19.1 Å². The van der Waals surface area contributed by atoms with Gasteiger partial charge in [-0.2, -0.15) is 0 Å². The number of nitrogens with one attached hydrogen (secondary N) is 1. The van der Waals surface area contributed by atoms with E-state index in [2.05, 4.69) is 10.3 Å². The van der Waals surface area contributed by atoms with Crippen molar-refractivity contribution in [3.8, 4) is 5.75 Å². The summed E-state index contributed by atoms with van der Waals surface area (Å²) in [5.41, 5.74) is 1.80. The third-order valence-corrected chi connectivity index (χ3v) is 5.40. The van der Waals surface area contributed by atoms with Gasteiger partial charge in [0.05, 0.1) is 16.3 Å². The number of anilines is 1. The molecular weight excluding hydrogens is 408 g/mol. The van der Waals surface area contributed by atoms with E-state index in [4.69, 9.17) is 9.47 Å². The van der Waals surface area contributed by atoms with Crippen LogP contribution in [0.3, 0.4) is 0 Å². The van der Waals surface area contributed by atoms with Crippen LogP contribution in [-0.4, -0.2) is 29.7 Å². The maximum absolute atomic E-state index is 12.2. The molecule has 0 aliphatic rings. The smallest absolute Gasteiger partial charge is 0.338 e. The summed E-state index contributed by atoms with van der Waals surface area (Å²) in [6.45, 7) is 1.88. The molecule has 29 heavy (non-hydrogen) atoms. The monoisotopic (exact) mass is 428 g/mol. The predicted molar refractivity (Wildman–Crippen MR) is 115 cm³/mol. The number of rotatable bonds is 8. The average molecular weight is 429 g/mol. The highest BCUT2D eigenvalue weighted by molar-refractivity contribution is 7.98. The number of thioether (sulfide) groups is 1. The molecular formula is C21H20N2O4S2. The van der Waals surface area contributed by atoms with Gasteiger partial charge < -0.3 is 14.8 Å². The second-order valence-electron chi connectivity index (χ2n) is 6.03. The summed E-state index contributed by atoms with van der Waals surface area (Å²) in [7, 11) is 0. The van der Waals surface area contributed by atoms with Crippen molar-refractivity contribution in [1.29, 1.82) is 0 Å². The molecule has 6 nitrogen and oxygen atoms in total. The highest BCUT2D eigenvalue weighted by Gasteiger charge is 2.12. The maximum atomic E-state index is 12.2. The first-order chi connectivity index (χ1) is 14.0. The fourth-order valence-corrected chi connectivity index (χ4v) is 3.44. The standard InChI is InChI=1S/C21H20N2O4S2/c1-14-22-17(13-29-14)11-26-18-5-3-4-15(10-18)21(25)27-12-20(24)23-16-6-8-19(28-2)9-7-16/h3-10,13H,11-12H2,1-2H3,(H,23,24). The molecule has 150 valence electrons. The summed E-state index contributed by atoms with van der Waals surface area (Å²) in [6, 6.07) is 14.1. The molecule has 0 saturated carbocycles. The van der Waals surface area contributed by atoms with Crippen molar-refractivity contribution in [2.24, 2.45) is 0 Å². The lowest BCUT2D eigenvalue weighted by Gasteiger charge is -2.08. The lowest BCUT2D eigenvalue weighted by molar-refractivity contribution is -0.119. The fourth-order valence-electron chi connectivity index (χ4n) is 2.43. The Bertz CT molecular complexity index is 986. The quantitative estimate of drug-likeness (QED) is 0.419. The molecule has 1 N–H and O–H groups in total. The number of benzene rings is 2. The zero-order valence-corrected chi connectivity index (χ0v) is 17.6. The van der Waals surface area contributed by atoms with Crippen molar-refractivity contribution in [3.05, 3.63) is 70.2 Å². The second kappa shape index (κ2) is 10.1. The van der Waals surface area contributed by atoms with E-state index in [1.54, 1.807) is 59.5 Å². The molecule has 3 aromatic rings. The minimum absolute atomic E-state index is 0.314. The van der Waals surface area contributed by atoms with Crippen LogP contribution in [-0.2, 0) is 16.1 Å². The summed E-state index contributed by atoms with van der Waals surface area (Å²) >= 11 is 3.17. The van der Waals surface area contributed by atoms with Crippen LogP contribution in [0.5, 0.6) is 5.75 Å². The van der Waals surface area contributed by atoms with Gasteiger partial charge in [-0.25, -0.2) is 9.78 Å². The highest BCUT2D eigenvalue weighted by Crippen LogP contribution is 2.18. The molecule has 0 spiro atoms. The topological polar surface area (TPSA) is 77.5 Å². The van der Waals surface area contributed by atoms with Gasteiger partial charge in [0.15, 0.2) is 6.61 Å². The number of esters is 1. The molecule has 2 aromatic carbocycles. The molecule has 0 radical (unpaired) electrons. The molecule has 0 atom stereocenters. The Morgan fingerprint density at radius 1 is 1.17 bits per heavy atom. The molecule has 1 aromatic heterocycles. The van der Waals surface area contributed by atoms with Gasteiger partial charge in [0, 0.05) is 16.0 Å². The first-order valence-corrected chi connectivity index (χ1v) is 10.9. The number of hydrogen-bond acceptors (Lipinski definition) is 7. The number of thiazole rings is 1. The first-order valence-electron chi connectivity index (χ1n) is 8.78. The van der Waals surface area contributed by atoms with Crippen LogP contribution in [0.1, 0.15) is 21.1 Å². The number of nitrogens with zero attached hydrogens (tertiary/aromatic N) is 1. The average Bonchev–Trinajstić information content (AvgIpc) is 3.16. The van der Waals surface area contributed by atoms with E-state index in [-0.39, 0.29) is 6.61 Å². The lowest BCUT2D eigenvalue weighted by atomic mass is 10.2. The van der Waals surface area contributed by atoms with Gasteiger partial charge in [-0.1, -0.05) is 6.07 Å². The Labute approximate surface area is 177 Å². The molecule has 0 bridgehead atoms. The molecule has 1 amide bonds. The number of carbonyl (C=O) groups is 2. The molecule has 0 fully saturated rings. The normalized spacial score (nSPS) is 10.4. The van der Waals surface area contributed by atoms with Gasteiger partial charge >= 0.3 is 5.97 Å². The van der Waals surface area contributed by atoms with Gasteiger partial charge in [-0.15, -0.1) is 23.1 Å². The molecule has 3 rings (SSSR count). The summed E-state index contributed by atoms with van der Waals surface area (Å²) in [5, 5.41) is 5.60. The van der Waals surface area contributed by atoms with Crippen LogP contribution in [0.4, 0.5) is 5.69 Å². The predicted octanol–water partition coefficient (Wildman–Crippen LogP) is 4.55. The van der Waals surface area contributed by atoms with Crippen LogP contribution in [0.25, 0.3) is 0 Å². The zero-order chi connectivity index (χ0) is 20.6. The molecule has 0 aliphatic carbocycles. The third-order valence-electron chi connectivity index (χ3n) is 3.83. The van der Waals surface area contributed by atoms with Crippen molar-refractivity contribution in [3.63, 3.8) is 0 Å². The van der Waals surface area contributed by atoms with Gasteiger partial charge in [0.25, 0.3) is 5.91 Å². The minimum atomic E-state index is -0.590. The van der Waals surface area contributed by atoms with Crippen LogP contribution in [0.15, 0.2) is 58.8 Å². The largest absolute Gasteiger partial charge is 0.487 e. The second-order valence-corrected chi connectivity index (χ2v) is 7.97. The Morgan fingerprint density at radius 2 is 1.97 bits per heavy atom. The van der Waals surface area contributed by atoms with Crippen LogP contribution < -0.4 is 10.1 Å². The third kappa shape index (κ3) is 6.33. The molecule has 1 heterocycles. The van der Waals surface area contributed by atoms with Crippen molar-refractivity contribution in [1.82, 2.24) is 4.98 Å². The van der Waals surface area contributed by atoms with E-state index < -0.39 is 11.9 Å². The molecule has 0 unspecified atom stereocenters. The maximum Gasteiger partial charge on any atom is 0.338 e. The minimum Gasteiger partial charge on any atom is -0.487 e. The van der Waals surface area contributed by atoms with Crippen LogP contribution in [0.2, 0.25) is 0 Å². The number of ether oxygens (including phenoxy) is 2. The number of aromatic nitrogens is 1. The van der Waals surface area contributed by atoms with Crippen molar-refractivity contribution in [2.45, 2.75) is 18.4 Å². The SMILES string of the molecule is CSc1ccc(NC(=O)COC(=O)c2cccc(OCc3csc(C)n3)c2)cc1. The highest BCUT2D eigenvalue weighted by atomic mass is 32.2. The molecule has 0 aliphatic heterocycles. The van der Waals surface area contributed by atoms with E-state index >= 15 is 0 Å². The Morgan fingerprint density at radius 3 is 2.66 bits per heavy atom. The van der Waals surface area contributed by atoms with E-state index in [9.17, 15) is 9.59 Å². The van der Waals surface area contributed by atoms with E-state index in [1.165, 1.54) is 0 Å². The molecule has 0 saturated heterocycles. The van der Waals surface area contributed by atoms with Crippen LogP contribution >= 0.6 is 23.1 Å². The van der Waals surface area contributed by atoms with Gasteiger partial charge in [-0.05, 0) is 55.6 Å². The summed E-state index contributed by atoms with van der Waals surface area (Å²) < 4.78 is 10.8. The number of hydrogen-bond donors (Lipinski definition) is 1. The Kier molecular flexibility index (Phi) is 7.26. The van der Waals surface area contributed by atoms with E-state index in [1.807, 2.05) is 30.7 Å². The number of aryl methyl sites for hydroxylation is 1. The summed E-state index contributed by atoms with van der Waals surface area (Å²) in [5.74, 6) is -0.460. The summed E-state index contributed by atoms with van der Waals surface area (Å²) in [6.07, 6.45) is 1.98. The zero-order valence-electron chi connectivity index (χ0n) is 16.0. The van der Waals surface area contributed by atoms with E-state index in [0.717, 1.165) is 15.6 Å². The van der Waals surface area contributed by atoms with Crippen LogP contribution in [0, 0.1) is 6.92 Å². The van der Waals surface area contributed by atoms with Gasteiger partial charge in [0.2, 0.25) is 0 Å². The van der Waals surface area contributed by atoms with E-state index in [0.29, 0.717) is 23.6 Å². The Balaban J connectivity index is 1.49.